The number of nitrogens with one attached hydrogen (secondary N) is 1. The van der Waals surface area contributed by atoms with Gasteiger partial charge < -0.3 is 9.73 Å². The van der Waals surface area contributed by atoms with Crippen molar-refractivity contribution in [3.63, 3.8) is 0 Å². The van der Waals surface area contributed by atoms with Crippen LogP contribution < -0.4 is 5.32 Å². The Balaban J connectivity index is 1.98. The highest BCUT2D eigenvalue weighted by molar-refractivity contribution is 5.20. The fraction of sp³-hybridized carbons (Fsp3) is 0.471. The van der Waals surface area contributed by atoms with Gasteiger partial charge in [-0.05, 0) is 49.3 Å². The molecule has 0 fully saturated rings. The molecule has 4 nitrogen and oxygen atoms in total. The van der Waals surface area contributed by atoms with E-state index in [0.29, 0.717) is 0 Å². The maximum Gasteiger partial charge on any atom is 0.120 e. The van der Waals surface area contributed by atoms with Crippen LogP contribution in [0.4, 0.5) is 0 Å². The normalized spacial score (nSPS) is 11.2. The van der Waals surface area contributed by atoms with Crippen LogP contribution in [0.5, 0.6) is 0 Å². The van der Waals surface area contributed by atoms with Gasteiger partial charge in [0, 0.05) is 18.9 Å². The van der Waals surface area contributed by atoms with Crippen molar-refractivity contribution in [1.29, 1.82) is 0 Å². The number of nitrogens with zero attached hydrogens (tertiary/aromatic N) is 2. The molecule has 0 bridgehead atoms. The molecule has 2 heterocycles. The zero-order chi connectivity index (χ0) is 15.1. The topological polar surface area (TPSA) is 41.3 Å². The monoisotopic (exact) mass is 287 g/mol. The van der Waals surface area contributed by atoms with Crippen molar-refractivity contribution >= 4 is 0 Å². The van der Waals surface area contributed by atoms with Gasteiger partial charge in [-0.1, -0.05) is 13.8 Å². The number of furan rings is 1. The highest BCUT2D eigenvalue weighted by atomic mass is 16.3. The number of aryl methyl sites for hydroxylation is 1. The summed E-state index contributed by atoms with van der Waals surface area (Å²) in [4.78, 5) is 6.43. The van der Waals surface area contributed by atoms with Crippen molar-refractivity contribution in [1.82, 2.24) is 15.2 Å². The number of aromatic nitrogens is 1. The van der Waals surface area contributed by atoms with Crippen LogP contribution >= 0.6 is 0 Å². The van der Waals surface area contributed by atoms with Crippen molar-refractivity contribution in [2.45, 2.75) is 40.4 Å². The molecule has 4 heteroatoms. The molecular formula is C17H25N3O. The summed E-state index contributed by atoms with van der Waals surface area (Å²) < 4.78 is 5.97. The van der Waals surface area contributed by atoms with Crippen molar-refractivity contribution in [3.8, 4) is 0 Å². The Morgan fingerprint density at radius 3 is 2.62 bits per heavy atom. The Morgan fingerprint density at radius 2 is 1.95 bits per heavy atom. The maximum atomic E-state index is 5.97. The molecule has 0 aromatic carbocycles. The van der Waals surface area contributed by atoms with E-state index in [1.807, 2.05) is 12.4 Å². The van der Waals surface area contributed by atoms with Gasteiger partial charge in [-0.2, -0.15) is 0 Å². The van der Waals surface area contributed by atoms with E-state index >= 15 is 0 Å². The quantitative estimate of drug-likeness (QED) is 0.810. The number of rotatable bonds is 8. The third-order valence-corrected chi connectivity index (χ3v) is 3.59. The summed E-state index contributed by atoms with van der Waals surface area (Å²) in [5, 5.41) is 3.31. The molecule has 0 radical (unpaired) electrons. The standard InChI is InChI=1S/C17H25N3O/c1-4-18-11-17-14(3)10-16(21-17)13-20(5-2)12-15-6-8-19-9-7-15/h6-10,18H,4-5,11-13H2,1-3H3. The first-order valence-corrected chi connectivity index (χ1v) is 7.63. The first-order chi connectivity index (χ1) is 10.2. The molecule has 114 valence electrons. The van der Waals surface area contributed by atoms with Crippen LogP contribution in [0.15, 0.2) is 35.0 Å². The van der Waals surface area contributed by atoms with Crippen molar-refractivity contribution < 1.29 is 4.42 Å². The molecule has 21 heavy (non-hydrogen) atoms. The third kappa shape index (κ3) is 4.69. The molecule has 0 atom stereocenters. The summed E-state index contributed by atoms with van der Waals surface area (Å²) in [7, 11) is 0. The van der Waals surface area contributed by atoms with Gasteiger partial charge in [-0.25, -0.2) is 0 Å². The molecule has 0 amide bonds. The lowest BCUT2D eigenvalue weighted by molar-refractivity contribution is 0.244. The van der Waals surface area contributed by atoms with Crippen molar-refractivity contribution in [3.05, 3.63) is 53.2 Å². The van der Waals surface area contributed by atoms with E-state index in [4.69, 9.17) is 4.42 Å². The molecule has 0 unspecified atom stereocenters. The van der Waals surface area contributed by atoms with Crippen molar-refractivity contribution in [2.75, 3.05) is 13.1 Å². The van der Waals surface area contributed by atoms with E-state index in [0.717, 1.165) is 44.2 Å². The molecule has 2 rings (SSSR count). The van der Waals surface area contributed by atoms with E-state index in [1.165, 1.54) is 11.1 Å². The van der Waals surface area contributed by atoms with Gasteiger partial charge in [0.15, 0.2) is 0 Å². The lowest BCUT2D eigenvalue weighted by Crippen LogP contribution is -2.22. The zero-order valence-corrected chi connectivity index (χ0v) is 13.2. The largest absolute Gasteiger partial charge is 0.463 e. The number of hydrogen-bond acceptors (Lipinski definition) is 4. The summed E-state index contributed by atoms with van der Waals surface area (Å²) in [6.45, 7) is 10.9. The van der Waals surface area contributed by atoms with Crippen LogP contribution in [0.3, 0.4) is 0 Å². The van der Waals surface area contributed by atoms with Gasteiger partial charge >= 0.3 is 0 Å². The fourth-order valence-corrected chi connectivity index (χ4v) is 2.33. The molecule has 1 N–H and O–H groups in total. The van der Waals surface area contributed by atoms with Crippen LogP contribution in [0, 0.1) is 6.92 Å². The average molecular weight is 287 g/mol. The Hall–Kier alpha value is -1.65. The Labute approximate surface area is 127 Å². The summed E-state index contributed by atoms with van der Waals surface area (Å²) >= 11 is 0. The smallest absolute Gasteiger partial charge is 0.120 e. The molecule has 0 aliphatic heterocycles. The highest BCUT2D eigenvalue weighted by Crippen LogP contribution is 2.17. The summed E-state index contributed by atoms with van der Waals surface area (Å²) in [6, 6.07) is 6.28. The van der Waals surface area contributed by atoms with E-state index in [1.54, 1.807) is 0 Å². The Morgan fingerprint density at radius 1 is 1.19 bits per heavy atom. The lowest BCUT2D eigenvalue weighted by Gasteiger charge is -2.19. The van der Waals surface area contributed by atoms with Gasteiger partial charge in [-0.3, -0.25) is 9.88 Å². The Kier molecular flexibility index (Phi) is 5.96. The SMILES string of the molecule is CCNCc1oc(CN(CC)Cc2ccncc2)cc1C. The minimum Gasteiger partial charge on any atom is -0.463 e. The molecule has 2 aromatic heterocycles. The van der Waals surface area contributed by atoms with E-state index < -0.39 is 0 Å². The second-order valence-electron chi connectivity index (χ2n) is 5.26. The summed E-state index contributed by atoms with van der Waals surface area (Å²) in [5.41, 5.74) is 2.51. The molecule has 0 aliphatic rings. The average Bonchev–Trinajstić information content (AvgIpc) is 2.85. The minimum absolute atomic E-state index is 0.804. The first-order valence-electron chi connectivity index (χ1n) is 7.63. The van der Waals surface area contributed by atoms with Crippen LogP contribution in [0.2, 0.25) is 0 Å². The predicted octanol–water partition coefficient (Wildman–Crippen LogP) is 3.11. The van der Waals surface area contributed by atoms with E-state index in [-0.39, 0.29) is 0 Å². The van der Waals surface area contributed by atoms with Gasteiger partial charge in [0.2, 0.25) is 0 Å². The van der Waals surface area contributed by atoms with Crippen LogP contribution in [-0.2, 0) is 19.6 Å². The molecule has 0 aliphatic carbocycles. The first kappa shape index (κ1) is 15.7. The molecule has 0 saturated heterocycles. The van der Waals surface area contributed by atoms with Crippen LogP contribution in [-0.4, -0.2) is 23.0 Å². The highest BCUT2D eigenvalue weighted by Gasteiger charge is 2.11. The van der Waals surface area contributed by atoms with Gasteiger partial charge in [-0.15, -0.1) is 0 Å². The van der Waals surface area contributed by atoms with E-state index in [2.05, 4.69) is 54.2 Å². The van der Waals surface area contributed by atoms with Gasteiger partial charge in [0.05, 0.1) is 13.1 Å². The zero-order valence-electron chi connectivity index (χ0n) is 13.2. The van der Waals surface area contributed by atoms with Crippen LogP contribution in [0.25, 0.3) is 0 Å². The van der Waals surface area contributed by atoms with Crippen LogP contribution in [0.1, 0.15) is 36.5 Å². The molecule has 0 saturated carbocycles. The number of pyridine rings is 1. The van der Waals surface area contributed by atoms with Gasteiger partial charge in [0.1, 0.15) is 11.5 Å². The minimum atomic E-state index is 0.804. The summed E-state index contributed by atoms with van der Waals surface area (Å²) in [5.74, 6) is 2.09. The number of hydrogen-bond donors (Lipinski definition) is 1. The molecular weight excluding hydrogens is 262 g/mol. The second-order valence-corrected chi connectivity index (χ2v) is 5.26. The third-order valence-electron chi connectivity index (χ3n) is 3.59. The molecule has 0 spiro atoms. The fourth-order valence-electron chi connectivity index (χ4n) is 2.33. The summed E-state index contributed by atoms with van der Waals surface area (Å²) in [6.07, 6.45) is 3.68. The van der Waals surface area contributed by atoms with E-state index in [9.17, 15) is 0 Å². The lowest BCUT2D eigenvalue weighted by atomic mass is 10.2. The predicted molar refractivity (Wildman–Crippen MR) is 84.9 cm³/mol. The van der Waals surface area contributed by atoms with Gasteiger partial charge in [0.25, 0.3) is 0 Å². The maximum absolute atomic E-state index is 5.97. The second kappa shape index (κ2) is 7.96. The van der Waals surface area contributed by atoms with Crippen molar-refractivity contribution in [2.24, 2.45) is 0 Å². The Bertz CT molecular complexity index is 536. The molecule has 2 aromatic rings.